The Morgan fingerprint density at radius 2 is 1.93 bits per heavy atom. The van der Waals surface area contributed by atoms with Crippen molar-refractivity contribution in [3.05, 3.63) is 41.5 Å². The zero-order chi connectivity index (χ0) is 11.1. The Balaban J connectivity index is 2.75. The quantitative estimate of drug-likeness (QED) is 0.666. The monoisotopic (exact) mass is 202 g/mol. The minimum atomic E-state index is 0.615. The van der Waals surface area contributed by atoms with E-state index in [-0.39, 0.29) is 0 Å². The van der Waals surface area contributed by atoms with Crippen LogP contribution in [0.15, 0.2) is 30.3 Å². The largest absolute Gasteiger partial charge is 0.303 e. The summed E-state index contributed by atoms with van der Waals surface area (Å²) in [5, 5.41) is 0. The third-order valence-electron chi connectivity index (χ3n) is 2.60. The molecule has 0 saturated carbocycles. The summed E-state index contributed by atoms with van der Waals surface area (Å²) in [6, 6.07) is 8.49. The van der Waals surface area contributed by atoms with Gasteiger partial charge in [-0.25, -0.2) is 0 Å². The minimum Gasteiger partial charge on any atom is -0.303 e. The molecule has 0 bridgehead atoms. The van der Waals surface area contributed by atoms with Crippen molar-refractivity contribution < 1.29 is 4.79 Å². The second-order valence-electron chi connectivity index (χ2n) is 3.57. The van der Waals surface area contributed by atoms with E-state index < -0.39 is 0 Å². The first kappa shape index (κ1) is 11.7. The molecule has 0 aromatic heterocycles. The molecule has 0 aliphatic carbocycles. The van der Waals surface area contributed by atoms with Gasteiger partial charge < -0.3 is 4.79 Å². The molecule has 0 fully saturated rings. The Kier molecular flexibility index (Phi) is 4.82. The fourth-order valence-corrected chi connectivity index (χ4v) is 1.69. The lowest BCUT2D eigenvalue weighted by Gasteiger charge is -2.05. The standard InChI is InChI=1S/C14H18O/c1-3-13(4-2)14-9-7-12(8-10-14)6-5-11-15/h3,7-11H,4-6H2,1-2H3/b13-3-. The highest BCUT2D eigenvalue weighted by Crippen LogP contribution is 2.18. The van der Waals surface area contributed by atoms with Gasteiger partial charge in [-0.3, -0.25) is 0 Å². The van der Waals surface area contributed by atoms with Gasteiger partial charge in [0.05, 0.1) is 0 Å². The van der Waals surface area contributed by atoms with E-state index in [9.17, 15) is 4.79 Å². The second kappa shape index (κ2) is 6.18. The van der Waals surface area contributed by atoms with Crippen LogP contribution in [0.25, 0.3) is 5.57 Å². The van der Waals surface area contributed by atoms with E-state index in [1.54, 1.807) is 0 Å². The number of carbonyl (C=O) groups excluding carboxylic acids is 1. The maximum atomic E-state index is 10.2. The third-order valence-corrected chi connectivity index (χ3v) is 2.60. The Labute approximate surface area is 91.8 Å². The number of aldehydes is 1. The van der Waals surface area contributed by atoms with Gasteiger partial charge in [-0.05, 0) is 36.5 Å². The summed E-state index contributed by atoms with van der Waals surface area (Å²) in [6.45, 7) is 4.23. The maximum Gasteiger partial charge on any atom is 0.120 e. The Morgan fingerprint density at radius 1 is 1.27 bits per heavy atom. The highest BCUT2D eigenvalue weighted by molar-refractivity contribution is 5.65. The van der Waals surface area contributed by atoms with Gasteiger partial charge >= 0.3 is 0 Å². The van der Waals surface area contributed by atoms with Crippen LogP contribution in [0.3, 0.4) is 0 Å². The molecule has 15 heavy (non-hydrogen) atoms. The number of benzene rings is 1. The first-order valence-electron chi connectivity index (χ1n) is 5.50. The molecule has 1 rings (SSSR count). The first-order chi connectivity index (χ1) is 7.31. The van der Waals surface area contributed by atoms with E-state index in [0.717, 1.165) is 19.1 Å². The van der Waals surface area contributed by atoms with Crippen molar-refractivity contribution in [2.24, 2.45) is 0 Å². The summed E-state index contributed by atoms with van der Waals surface area (Å²) < 4.78 is 0. The molecule has 1 aromatic rings. The first-order valence-corrected chi connectivity index (χ1v) is 5.50. The van der Waals surface area contributed by atoms with Gasteiger partial charge in [-0.2, -0.15) is 0 Å². The van der Waals surface area contributed by atoms with Crippen molar-refractivity contribution in [2.75, 3.05) is 0 Å². The van der Waals surface area contributed by atoms with Gasteiger partial charge in [0.2, 0.25) is 0 Å². The molecule has 0 unspecified atom stereocenters. The molecule has 0 radical (unpaired) electrons. The summed E-state index contributed by atoms with van der Waals surface area (Å²) in [6.07, 6.45) is 5.65. The van der Waals surface area contributed by atoms with Gasteiger partial charge in [-0.15, -0.1) is 0 Å². The Morgan fingerprint density at radius 3 is 2.40 bits per heavy atom. The topological polar surface area (TPSA) is 17.1 Å². The average Bonchev–Trinajstić information content (AvgIpc) is 2.29. The van der Waals surface area contributed by atoms with Crippen molar-refractivity contribution in [1.82, 2.24) is 0 Å². The summed E-state index contributed by atoms with van der Waals surface area (Å²) in [4.78, 5) is 10.2. The predicted octanol–water partition coefficient (Wildman–Crippen LogP) is 3.63. The molecular formula is C14H18O. The molecule has 0 atom stereocenters. The molecular weight excluding hydrogens is 184 g/mol. The Bertz CT molecular complexity index is 333. The van der Waals surface area contributed by atoms with E-state index >= 15 is 0 Å². The molecule has 0 amide bonds. The van der Waals surface area contributed by atoms with Gasteiger partial charge in [0.25, 0.3) is 0 Å². The lowest BCUT2D eigenvalue weighted by Crippen LogP contribution is -1.88. The molecule has 0 aliphatic rings. The number of rotatable bonds is 5. The van der Waals surface area contributed by atoms with Crippen LogP contribution in [0.2, 0.25) is 0 Å². The zero-order valence-corrected chi connectivity index (χ0v) is 9.49. The van der Waals surface area contributed by atoms with E-state index in [1.807, 2.05) is 0 Å². The summed E-state index contributed by atoms with van der Waals surface area (Å²) in [5.41, 5.74) is 3.89. The highest BCUT2D eigenvalue weighted by Gasteiger charge is 1.98. The number of carbonyl (C=O) groups is 1. The van der Waals surface area contributed by atoms with Crippen LogP contribution in [-0.2, 0) is 11.2 Å². The van der Waals surface area contributed by atoms with E-state index in [1.165, 1.54) is 16.7 Å². The van der Waals surface area contributed by atoms with Crippen LogP contribution in [0.4, 0.5) is 0 Å². The van der Waals surface area contributed by atoms with Crippen LogP contribution >= 0.6 is 0 Å². The normalized spacial score (nSPS) is 11.5. The van der Waals surface area contributed by atoms with Crippen molar-refractivity contribution in [3.63, 3.8) is 0 Å². The molecule has 0 aliphatic heterocycles. The van der Waals surface area contributed by atoms with Crippen molar-refractivity contribution >= 4 is 11.9 Å². The van der Waals surface area contributed by atoms with Crippen LogP contribution in [0, 0.1) is 0 Å². The molecule has 1 aromatic carbocycles. The SMILES string of the molecule is C/C=C(/CC)c1ccc(CCC=O)cc1. The predicted molar refractivity (Wildman–Crippen MR) is 64.8 cm³/mol. The van der Waals surface area contributed by atoms with Crippen molar-refractivity contribution in [2.45, 2.75) is 33.1 Å². The molecule has 1 nitrogen and oxygen atoms in total. The number of allylic oxidation sites excluding steroid dienone is 2. The lowest BCUT2D eigenvalue weighted by molar-refractivity contribution is -0.107. The van der Waals surface area contributed by atoms with Gasteiger partial charge in [-0.1, -0.05) is 37.3 Å². The number of aryl methyl sites for hydroxylation is 1. The maximum absolute atomic E-state index is 10.2. The van der Waals surface area contributed by atoms with E-state index in [2.05, 4.69) is 44.2 Å². The lowest BCUT2D eigenvalue weighted by atomic mass is 10.0. The van der Waals surface area contributed by atoms with Crippen LogP contribution in [0.1, 0.15) is 37.8 Å². The highest BCUT2D eigenvalue weighted by atomic mass is 16.1. The molecule has 80 valence electrons. The van der Waals surface area contributed by atoms with Crippen LogP contribution in [0.5, 0.6) is 0 Å². The minimum absolute atomic E-state index is 0.615. The number of hydrogen-bond acceptors (Lipinski definition) is 1. The molecule has 0 N–H and O–H groups in total. The van der Waals surface area contributed by atoms with Gasteiger partial charge in [0, 0.05) is 6.42 Å². The molecule has 0 spiro atoms. The molecule has 1 heteroatoms. The van der Waals surface area contributed by atoms with E-state index in [4.69, 9.17) is 0 Å². The second-order valence-corrected chi connectivity index (χ2v) is 3.57. The van der Waals surface area contributed by atoms with E-state index in [0.29, 0.717) is 6.42 Å². The van der Waals surface area contributed by atoms with Crippen LogP contribution < -0.4 is 0 Å². The third kappa shape index (κ3) is 3.35. The zero-order valence-electron chi connectivity index (χ0n) is 9.49. The van der Waals surface area contributed by atoms with Crippen molar-refractivity contribution in [1.29, 1.82) is 0 Å². The summed E-state index contributed by atoms with van der Waals surface area (Å²) >= 11 is 0. The Hall–Kier alpha value is -1.37. The summed E-state index contributed by atoms with van der Waals surface area (Å²) in [5.74, 6) is 0. The average molecular weight is 202 g/mol. The van der Waals surface area contributed by atoms with Crippen LogP contribution in [-0.4, -0.2) is 6.29 Å². The summed E-state index contributed by atoms with van der Waals surface area (Å²) in [7, 11) is 0. The fourth-order valence-electron chi connectivity index (χ4n) is 1.69. The smallest absolute Gasteiger partial charge is 0.120 e. The van der Waals surface area contributed by atoms with Gasteiger partial charge in [0.15, 0.2) is 0 Å². The number of hydrogen-bond donors (Lipinski definition) is 0. The van der Waals surface area contributed by atoms with Crippen molar-refractivity contribution in [3.8, 4) is 0 Å². The molecule has 0 heterocycles. The van der Waals surface area contributed by atoms with Gasteiger partial charge in [0.1, 0.15) is 6.29 Å². The fraction of sp³-hybridized carbons (Fsp3) is 0.357. The molecule has 0 saturated heterocycles.